The molecule has 1 heterocycles. The number of rotatable bonds is 0. The normalized spacial score (nSPS) is 36.4. The highest BCUT2D eigenvalue weighted by molar-refractivity contribution is 6.30. The van der Waals surface area contributed by atoms with Crippen LogP contribution < -0.4 is 0 Å². The first kappa shape index (κ1) is 13.9. The fourth-order valence-electron chi connectivity index (χ4n) is 2.60. The molecule has 2 rings (SSSR count). The topological polar surface area (TPSA) is 26.3 Å². The second-order valence-electron chi connectivity index (χ2n) is 4.93. The maximum atomic E-state index is 14.2. The number of fused-ring (bicyclic) bond motifs is 1. The predicted octanol–water partition coefficient (Wildman–Crippen LogP) is 3.68. The maximum absolute atomic E-state index is 14.2. The van der Waals surface area contributed by atoms with Crippen molar-refractivity contribution < 1.29 is 18.3 Å². The summed E-state index contributed by atoms with van der Waals surface area (Å²) >= 11 is 5.72. The third-order valence-electron chi connectivity index (χ3n) is 3.62. The zero-order valence-electron chi connectivity index (χ0n) is 10.1. The standard InChI is InChI=1S/C13H17ClF2O2/c14-11-7-3-1-2-6-10(17)12-9(13(11,15)16)5-4-8-18-12/h7,9,12H,1-6,8H2/b11-7-/t9-,12+/m1/s1. The molecule has 0 aromatic rings. The van der Waals surface area contributed by atoms with Crippen LogP contribution in [0.15, 0.2) is 11.1 Å². The number of hydrogen-bond acceptors (Lipinski definition) is 2. The van der Waals surface area contributed by atoms with Gasteiger partial charge in [0.2, 0.25) is 0 Å². The molecule has 0 radical (unpaired) electrons. The minimum Gasteiger partial charge on any atom is -0.370 e. The van der Waals surface area contributed by atoms with Crippen molar-refractivity contribution in [3.8, 4) is 0 Å². The summed E-state index contributed by atoms with van der Waals surface area (Å²) in [5.74, 6) is -4.47. The second-order valence-corrected chi connectivity index (χ2v) is 5.33. The van der Waals surface area contributed by atoms with Crippen LogP contribution in [0.5, 0.6) is 0 Å². The molecule has 1 aliphatic carbocycles. The van der Waals surface area contributed by atoms with E-state index in [4.69, 9.17) is 16.3 Å². The van der Waals surface area contributed by atoms with Crippen LogP contribution in [0.3, 0.4) is 0 Å². The first-order valence-electron chi connectivity index (χ1n) is 6.41. The molecule has 0 bridgehead atoms. The van der Waals surface area contributed by atoms with Gasteiger partial charge >= 0.3 is 0 Å². The fraction of sp³-hybridized carbons (Fsp3) is 0.769. The van der Waals surface area contributed by atoms with E-state index in [-0.39, 0.29) is 12.2 Å². The third kappa shape index (κ3) is 2.75. The van der Waals surface area contributed by atoms with Crippen LogP contribution in [-0.2, 0) is 9.53 Å². The molecule has 18 heavy (non-hydrogen) atoms. The van der Waals surface area contributed by atoms with E-state index in [2.05, 4.69) is 0 Å². The lowest BCUT2D eigenvalue weighted by molar-refractivity contribution is -0.156. The van der Waals surface area contributed by atoms with Gasteiger partial charge in [-0.05, 0) is 32.1 Å². The van der Waals surface area contributed by atoms with Gasteiger partial charge in [0.15, 0.2) is 5.78 Å². The summed E-state index contributed by atoms with van der Waals surface area (Å²) in [6.45, 7) is 0.379. The largest absolute Gasteiger partial charge is 0.370 e. The number of carbonyl (C=O) groups excluding carboxylic acids is 1. The average Bonchev–Trinajstić information content (AvgIpc) is 2.37. The summed E-state index contributed by atoms with van der Waals surface area (Å²) in [5, 5.41) is -0.433. The summed E-state index contributed by atoms with van der Waals surface area (Å²) in [6, 6.07) is 0. The smallest absolute Gasteiger partial charge is 0.288 e. The van der Waals surface area contributed by atoms with Gasteiger partial charge in [-0.3, -0.25) is 4.79 Å². The predicted molar refractivity (Wildman–Crippen MR) is 64.8 cm³/mol. The maximum Gasteiger partial charge on any atom is 0.288 e. The highest BCUT2D eigenvalue weighted by atomic mass is 35.5. The van der Waals surface area contributed by atoms with Gasteiger partial charge in [-0.1, -0.05) is 17.7 Å². The van der Waals surface area contributed by atoms with Gasteiger partial charge in [-0.2, -0.15) is 8.78 Å². The number of ketones is 1. The van der Waals surface area contributed by atoms with Gasteiger partial charge in [0.05, 0.1) is 11.0 Å². The van der Waals surface area contributed by atoms with Crippen LogP contribution in [0.1, 0.15) is 38.5 Å². The van der Waals surface area contributed by atoms with Crippen LogP contribution in [0.2, 0.25) is 0 Å². The number of alkyl halides is 2. The van der Waals surface area contributed by atoms with E-state index < -0.39 is 23.0 Å². The molecule has 0 spiro atoms. The van der Waals surface area contributed by atoms with Gasteiger partial charge in [-0.15, -0.1) is 0 Å². The van der Waals surface area contributed by atoms with Crippen molar-refractivity contribution in [2.45, 2.75) is 50.6 Å². The number of allylic oxidation sites excluding steroid dienone is 2. The Bertz CT molecular complexity index is 355. The quantitative estimate of drug-likeness (QED) is 0.676. The molecule has 0 aromatic carbocycles. The van der Waals surface area contributed by atoms with Gasteiger partial charge in [0.25, 0.3) is 5.92 Å². The highest BCUT2D eigenvalue weighted by Crippen LogP contribution is 2.43. The lowest BCUT2D eigenvalue weighted by Gasteiger charge is -2.36. The number of carbonyl (C=O) groups is 1. The molecule has 0 amide bonds. The summed E-state index contributed by atoms with van der Waals surface area (Å²) in [6.07, 6.45) is 3.47. The van der Waals surface area contributed by atoms with Crippen LogP contribution in [0.25, 0.3) is 0 Å². The van der Waals surface area contributed by atoms with Gasteiger partial charge in [0.1, 0.15) is 6.10 Å². The van der Waals surface area contributed by atoms with Crippen LogP contribution in [0.4, 0.5) is 8.78 Å². The number of hydrogen-bond donors (Lipinski definition) is 0. The number of Topliss-reactive ketones (excluding diaryl/α,β-unsaturated/α-hetero) is 1. The van der Waals surface area contributed by atoms with Crippen molar-refractivity contribution in [1.29, 1.82) is 0 Å². The Labute approximate surface area is 110 Å². The SMILES string of the molecule is O=C1CCCC/C=C(\Cl)C(F)(F)[C@@H]2CCCO[C@H]12. The van der Waals surface area contributed by atoms with Crippen molar-refractivity contribution >= 4 is 17.4 Å². The lowest BCUT2D eigenvalue weighted by Crippen LogP contribution is -2.46. The Kier molecular flexibility index (Phi) is 4.38. The third-order valence-corrected chi connectivity index (χ3v) is 4.03. The minimum absolute atomic E-state index is 0.203. The molecule has 1 saturated heterocycles. The van der Waals surface area contributed by atoms with Crippen LogP contribution in [-0.4, -0.2) is 24.4 Å². The number of ether oxygens (including phenoxy) is 1. The van der Waals surface area contributed by atoms with Crippen molar-refractivity contribution in [2.24, 2.45) is 5.92 Å². The van der Waals surface area contributed by atoms with E-state index in [0.29, 0.717) is 38.7 Å². The van der Waals surface area contributed by atoms with Crippen molar-refractivity contribution in [3.63, 3.8) is 0 Å². The van der Waals surface area contributed by atoms with E-state index in [0.717, 1.165) is 0 Å². The highest BCUT2D eigenvalue weighted by Gasteiger charge is 2.50. The van der Waals surface area contributed by atoms with E-state index in [1.54, 1.807) is 0 Å². The molecular weight excluding hydrogens is 262 g/mol. The molecule has 2 atom stereocenters. The molecule has 1 aliphatic heterocycles. The second kappa shape index (κ2) is 5.66. The molecule has 0 aromatic heterocycles. The summed E-state index contributed by atoms with van der Waals surface area (Å²) in [5.41, 5.74) is 0. The van der Waals surface area contributed by atoms with Crippen LogP contribution >= 0.6 is 11.6 Å². The molecular formula is C13H17ClF2O2. The Hall–Kier alpha value is -0.480. The van der Waals surface area contributed by atoms with E-state index >= 15 is 0 Å². The van der Waals surface area contributed by atoms with Gasteiger partial charge < -0.3 is 4.74 Å². The van der Waals surface area contributed by atoms with Gasteiger partial charge in [0, 0.05) is 13.0 Å². The Morgan fingerprint density at radius 3 is 2.89 bits per heavy atom. The van der Waals surface area contributed by atoms with Crippen molar-refractivity contribution in [2.75, 3.05) is 6.61 Å². The van der Waals surface area contributed by atoms with Crippen molar-refractivity contribution in [3.05, 3.63) is 11.1 Å². The van der Waals surface area contributed by atoms with Crippen molar-refractivity contribution in [1.82, 2.24) is 0 Å². The summed E-state index contributed by atoms with van der Waals surface area (Å²) in [7, 11) is 0. The van der Waals surface area contributed by atoms with E-state index in [9.17, 15) is 13.6 Å². The first-order chi connectivity index (χ1) is 8.53. The Morgan fingerprint density at radius 2 is 2.11 bits per heavy atom. The molecule has 5 heteroatoms. The zero-order chi connectivity index (χ0) is 13.2. The Balaban J connectivity index is 2.31. The number of halogens is 3. The molecule has 1 fully saturated rings. The minimum atomic E-state index is -3.15. The molecule has 102 valence electrons. The molecule has 0 N–H and O–H groups in total. The molecule has 0 saturated carbocycles. The molecule has 2 aliphatic rings. The van der Waals surface area contributed by atoms with E-state index in [1.807, 2.05) is 0 Å². The monoisotopic (exact) mass is 278 g/mol. The summed E-state index contributed by atoms with van der Waals surface area (Å²) < 4.78 is 33.8. The zero-order valence-corrected chi connectivity index (χ0v) is 10.9. The van der Waals surface area contributed by atoms with Gasteiger partial charge in [-0.25, -0.2) is 0 Å². The molecule has 2 nitrogen and oxygen atoms in total. The first-order valence-corrected chi connectivity index (χ1v) is 6.79. The van der Waals surface area contributed by atoms with E-state index in [1.165, 1.54) is 6.08 Å². The average molecular weight is 279 g/mol. The summed E-state index contributed by atoms with van der Waals surface area (Å²) in [4.78, 5) is 11.9. The Morgan fingerprint density at radius 1 is 1.33 bits per heavy atom. The van der Waals surface area contributed by atoms with Crippen LogP contribution in [0, 0.1) is 5.92 Å². The lowest BCUT2D eigenvalue weighted by atomic mass is 9.83. The molecule has 0 unspecified atom stereocenters. The fourth-order valence-corrected chi connectivity index (χ4v) is 2.85.